The lowest BCUT2D eigenvalue weighted by Gasteiger charge is -2.23. The Bertz CT molecular complexity index is 1100. The first-order valence-corrected chi connectivity index (χ1v) is 19.3. The van der Waals surface area contributed by atoms with Crippen LogP contribution in [0.4, 0.5) is 5.82 Å². The first-order valence-electron chi connectivity index (χ1n) is 17.8. The lowest BCUT2D eigenvalue weighted by Crippen LogP contribution is -2.36. The number of aromatic nitrogens is 2. The number of rotatable bonds is 24. The maximum absolute atomic E-state index is 12.6. The lowest BCUT2D eigenvalue weighted by atomic mass is 10.0. The van der Waals surface area contributed by atoms with E-state index in [-0.39, 0.29) is 12.4 Å². The van der Waals surface area contributed by atoms with E-state index in [2.05, 4.69) is 21.8 Å². The highest BCUT2D eigenvalue weighted by Crippen LogP contribution is 2.44. The SMILES string of the molecule is CCCCCCCCCCCCCCCCCCOP(=O)(O)OC[C@H]1O[C@@H](n2ccc(N=CN3CCCCC3)nc2=O)C(O)[C@H]1O. The molecule has 0 saturated carbocycles. The van der Waals surface area contributed by atoms with Crippen LogP contribution in [0.2, 0.25) is 0 Å². The average molecular weight is 671 g/mol. The van der Waals surface area contributed by atoms with Crippen LogP contribution in [0.5, 0.6) is 0 Å². The standard InChI is InChI=1S/C33H59N4O8P/c1-2-3-4-5-6-7-8-9-10-11-12-13-14-15-16-20-25-43-46(41,42)44-26-28-30(38)31(39)32(45-28)37-24-21-29(35-33(37)40)34-27-36-22-18-17-19-23-36/h21,24,27-28,30-32,38-39H,2-20,22-23,25-26H2,1H3,(H,41,42)/t28-,30+,31?,32-/m1/s1. The van der Waals surface area contributed by atoms with Crippen molar-refractivity contribution in [2.45, 2.75) is 153 Å². The first kappa shape index (κ1) is 38.8. The molecule has 0 amide bonds. The second-order valence-electron chi connectivity index (χ2n) is 12.8. The summed E-state index contributed by atoms with van der Waals surface area (Å²) in [7, 11) is -4.38. The van der Waals surface area contributed by atoms with Crippen molar-refractivity contribution in [3.05, 3.63) is 22.7 Å². The molecule has 3 rings (SSSR count). The number of unbranched alkanes of at least 4 members (excludes halogenated alkanes) is 15. The zero-order valence-corrected chi connectivity index (χ0v) is 28.8. The quantitative estimate of drug-likeness (QED) is 0.0487. The molecule has 1 aromatic heterocycles. The fourth-order valence-corrected chi connectivity index (χ4v) is 6.75. The fourth-order valence-electron chi connectivity index (χ4n) is 5.98. The van der Waals surface area contributed by atoms with E-state index in [0.717, 1.165) is 49.8 Å². The first-order chi connectivity index (χ1) is 22.3. The van der Waals surface area contributed by atoms with Crippen molar-refractivity contribution in [2.75, 3.05) is 26.3 Å². The van der Waals surface area contributed by atoms with Crippen LogP contribution >= 0.6 is 7.82 Å². The average Bonchev–Trinajstić information content (AvgIpc) is 3.33. The predicted octanol–water partition coefficient (Wildman–Crippen LogP) is 6.40. The number of hydrogen-bond acceptors (Lipinski definition) is 9. The molecule has 13 heteroatoms. The molecule has 2 aliphatic heterocycles. The maximum Gasteiger partial charge on any atom is 0.472 e. The van der Waals surface area contributed by atoms with Gasteiger partial charge in [0.15, 0.2) is 12.0 Å². The third-order valence-electron chi connectivity index (χ3n) is 8.82. The predicted molar refractivity (Wildman–Crippen MR) is 179 cm³/mol. The largest absolute Gasteiger partial charge is 0.472 e. The van der Waals surface area contributed by atoms with Crippen LogP contribution in [0.1, 0.15) is 135 Å². The number of hydrogen-bond donors (Lipinski definition) is 3. The summed E-state index contributed by atoms with van der Waals surface area (Å²) in [6.45, 7) is 3.66. The highest BCUT2D eigenvalue weighted by molar-refractivity contribution is 7.47. The minimum absolute atomic E-state index is 0.0825. The van der Waals surface area contributed by atoms with Gasteiger partial charge < -0.3 is 24.7 Å². The van der Waals surface area contributed by atoms with Gasteiger partial charge in [0.05, 0.1) is 19.6 Å². The minimum Gasteiger partial charge on any atom is -0.387 e. The fraction of sp³-hybridized carbons (Fsp3) is 0.848. The summed E-state index contributed by atoms with van der Waals surface area (Å²) in [6, 6.07) is 1.52. The molecule has 2 saturated heterocycles. The number of nitrogens with zero attached hydrogens (tertiary/aromatic N) is 4. The number of ether oxygens (including phenoxy) is 1. The molecule has 0 radical (unpaired) electrons. The van der Waals surface area contributed by atoms with Crippen molar-refractivity contribution in [3.63, 3.8) is 0 Å². The topological polar surface area (TPSA) is 156 Å². The molecule has 5 atom stereocenters. The Hall–Kier alpha value is -1.66. The summed E-state index contributed by atoms with van der Waals surface area (Å²) >= 11 is 0. The number of phosphoric acid groups is 1. The van der Waals surface area contributed by atoms with Gasteiger partial charge in [0.25, 0.3) is 0 Å². The summed E-state index contributed by atoms with van der Waals surface area (Å²) in [5.41, 5.74) is -0.707. The molecule has 2 fully saturated rings. The van der Waals surface area contributed by atoms with Crippen molar-refractivity contribution in [1.82, 2.24) is 14.5 Å². The van der Waals surface area contributed by atoms with Crippen LogP contribution in [0.3, 0.4) is 0 Å². The molecular weight excluding hydrogens is 611 g/mol. The van der Waals surface area contributed by atoms with Crippen molar-refractivity contribution >= 4 is 20.0 Å². The van der Waals surface area contributed by atoms with E-state index in [1.54, 1.807) is 6.34 Å². The molecule has 0 spiro atoms. The zero-order chi connectivity index (χ0) is 33.0. The highest BCUT2D eigenvalue weighted by Gasteiger charge is 2.45. The molecule has 264 valence electrons. The summed E-state index contributed by atoms with van der Waals surface area (Å²) < 4.78 is 29.2. The van der Waals surface area contributed by atoms with Crippen molar-refractivity contribution in [3.8, 4) is 0 Å². The van der Waals surface area contributed by atoms with E-state index in [1.165, 1.54) is 95.7 Å². The van der Waals surface area contributed by atoms with Gasteiger partial charge >= 0.3 is 13.5 Å². The van der Waals surface area contributed by atoms with Crippen LogP contribution in [0, 0.1) is 0 Å². The molecular formula is C33H59N4O8P. The van der Waals surface area contributed by atoms with Gasteiger partial charge in [-0.15, -0.1) is 0 Å². The third kappa shape index (κ3) is 14.6. The molecule has 2 unspecified atom stereocenters. The Kier molecular flexibility index (Phi) is 18.6. The number of phosphoric ester groups is 1. The molecule has 0 bridgehead atoms. The molecule has 12 nitrogen and oxygen atoms in total. The van der Waals surface area contributed by atoms with Gasteiger partial charge in [-0.25, -0.2) is 14.4 Å². The van der Waals surface area contributed by atoms with Gasteiger partial charge in [0.2, 0.25) is 0 Å². The van der Waals surface area contributed by atoms with E-state index >= 15 is 0 Å². The van der Waals surface area contributed by atoms with E-state index in [4.69, 9.17) is 13.8 Å². The van der Waals surface area contributed by atoms with Crippen LogP contribution in [-0.2, 0) is 18.3 Å². The normalized spacial score (nSPS) is 23.3. The zero-order valence-electron chi connectivity index (χ0n) is 27.9. The van der Waals surface area contributed by atoms with Gasteiger partial charge in [-0.1, -0.05) is 103 Å². The van der Waals surface area contributed by atoms with Crippen LogP contribution < -0.4 is 5.69 Å². The molecule has 46 heavy (non-hydrogen) atoms. The monoisotopic (exact) mass is 670 g/mol. The van der Waals surface area contributed by atoms with Gasteiger partial charge in [-0.05, 0) is 31.7 Å². The van der Waals surface area contributed by atoms with E-state index in [1.807, 2.05) is 0 Å². The van der Waals surface area contributed by atoms with Crippen molar-refractivity contribution in [1.29, 1.82) is 0 Å². The third-order valence-corrected chi connectivity index (χ3v) is 9.81. The molecule has 2 aliphatic rings. The van der Waals surface area contributed by atoms with Crippen LogP contribution in [0.25, 0.3) is 0 Å². The highest BCUT2D eigenvalue weighted by atomic mass is 31.2. The number of aliphatic hydroxyl groups excluding tert-OH is 2. The second kappa shape index (κ2) is 22.1. The summed E-state index contributed by atoms with van der Waals surface area (Å²) in [4.78, 5) is 33.0. The van der Waals surface area contributed by atoms with Gasteiger partial charge in [0.1, 0.15) is 18.3 Å². The number of piperidine rings is 1. The maximum atomic E-state index is 12.6. The second-order valence-corrected chi connectivity index (χ2v) is 14.2. The van der Waals surface area contributed by atoms with Gasteiger partial charge in [-0.2, -0.15) is 4.98 Å². The van der Waals surface area contributed by atoms with Crippen molar-refractivity contribution < 1.29 is 33.5 Å². The molecule has 3 N–H and O–H groups in total. The van der Waals surface area contributed by atoms with E-state index < -0.39 is 44.7 Å². The number of aliphatic imine (C=N–C) groups is 1. The van der Waals surface area contributed by atoms with E-state index in [9.17, 15) is 24.5 Å². The minimum atomic E-state index is -4.38. The Morgan fingerprint density at radius 1 is 0.891 bits per heavy atom. The number of aliphatic hydroxyl groups is 2. The van der Waals surface area contributed by atoms with E-state index in [0.29, 0.717) is 6.42 Å². The van der Waals surface area contributed by atoms with Crippen molar-refractivity contribution in [2.24, 2.45) is 4.99 Å². The Balaban J connectivity index is 1.24. The Morgan fingerprint density at radius 2 is 1.46 bits per heavy atom. The smallest absolute Gasteiger partial charge is 0.387 e. The Morgan fingerprint density at radius 3 is 2.02 bits per heavy atom. The molecule has 1 aromatic rings. The summed E-state index contributed by atoms with van der Waals surface area (Å²) in [5, 5.41) is 21.0. The Labute approximate surface area is 275 Å². The molecule has 0 aromatic carbocycles. The van der Waals surface area contributed by atoms with Crippen LogP contribution in [0.15, 0.2) is 22.1 Å². The number of likely N-dealkylation sites (tertiary alicyclic amines) is 1. The summed E-state index contributed by atoms with van der Waals surface area (Å²) in [6.07, 6.45) is 20.9. The van der Waals surface area contributed by atoms with Gasteiger partial charge in [-0.3, -0.25) is 13.6 Å². The lowest BCUT2D eigenvalue weighted by molar-refractivity contribution is -0.0551. The van der Waals surface area contributed by atoms with Gasteiger partial charge in [0, 0.05) is 19.3 Å². The molecule has 0 aliphatic carbocycles. The summed E-state index contributed by atoms with van der Waals surface area (Å²) in [5.74, 6) is 0.224. The van der Waals surface area contributed by atoms with Crippen LogP contribution in [-0.4, -0.2) is 80.5 Å². The molecule has 3 heterocycles.